The maximum Gasteiger partial charge on any atom is 0.0902 e. The topological polar surface area (TPSA) is 31.6 Å². The Hall–Kier alpha value is -0.800. The van der Waals surface area contributed by atoms with Gasteiger partial charge in [-0.05, 0) is 39.8 Å². The van der Waals surface area contributed by atoms with Gasteiger partial charge in [-0.1, -0.05) is 0 Å². The van der Waals surface area contributed by atoms with Gasteiger partial charge < -0.3 is 13.9 Å². The number of furan rings is 1. The Kier molecular flexibility index (Phi) is 20.9. The number of hydrogen-bond donors (Lipinski definition) is 0. The standard InChI is InChI=1S/C4H4O.2C4H10O/c1-2-4-5-3-1;2*1-3-5-4-2/h1-4H;2*3-4H2,1-2H3. The van der Waals surface area contributed by atoms with Gasteiger partial charge in [-0.2, -0.15) is 0 Å². The quantitative estimate of drug-likeness (QED) is 0.773. The first-order valence-corrected chi connectivity index (χ1v) is 5.45. The van der Waals surface area contributed by atoms with Crippen LogP contribution >= 0.6 is 0 Å². The molecule has 0 bridgehead atoms. The van der Waals surface area contributed by atoms with E-state index in [2.05, 4.69) is 4.42 Å². The van der Waals surface area contributed by atoms with Crippen LogP contribution in [0.4, 0.5) is 0 Å². The minimum atomic E-state index is 0.844. The van der Waals surface area contributed by atoms with E-state index in [4.69, 9.17) is 9.47 Å². The van der Waals surface area contributed by atoms with Gasteiger partial charge >= 0.3 is 0 Å². The summed E-state index contributed by atoms with van der Waals surface area (Å²) in [5.41, 5.74) is 0. The first-order valence-electron chi connectivity index (χ1n) is 5.45. The van der Waals surface area contributed by atoms with Crippen molar-refractivity contribution in [1.82, 2.24) is 0 Å². The number of ether oxygens (including phenoxy) is 2. The summed E-state index contributed by atoms with van der Waals surface area (Å²) in [6, 6.07) is 3.67. The molecule has 0 unspecified atom stereocenters. The molecule has 0 spiro atoms. The van der Waals surface area contributed by atoms with Crippen LogP contribution in [0.25, 0.3) is 0 Å². The SMILES string of the molecule is CCOCC.CCOCC.c1ccoc1. The molecule has 0 saturated heterocycles. The van der Waals surface area contributed by atoms with Crippen LogP contribution in [0, 0.1) is 0 Å². The van der Waals surface area contributed by atoms with Gasteiger partial charge in [0.15, 0.2) is 0 Å². The second-order valence-corrected chi connectivity index (χ2v) is 2.36. The third kappa shape index (κ3) is 24.6. The lowest BCUT2D eigenvalue weighted by Gasteiger charge is -1.86. The molecule has 0 aliphatic heterocycles. The Bertz CT molecular complexity index is 123. The highest BCUT2D eigenvalue weighted by Gasteiger charge is 1.64. The van der Waals surface area contributed by atoms with Crippen molar-refractivity contribution in [2.24, 2.45) is 0 Å². The molecule has 0 amide bonds. The second-order valence-electron chi connectivity index (χ2n) is 2.36. The molecule has 1 aromatic rings. The minimum Gasteiger partial charge on any atom is -0.473 e. The lowest BCUT2D eigenvalue weighted by Crippen LogP contribution is -1.84. The molecule has 0 atom stereocenters. The van der Waals surface area contributed by atoms with Crippen LogP contribution in [-0.4, -0.2) is 26.4 Å². The van der Waals surface area contributed by atoms with Crippen molar-refractivity contribution >= 4 is 0 Å². The molecule has 0 aliphatic rings. The highest BCUT2D eigenvalue weighted by Crippen LogP contribution is 1.79. The summed E-state index contributed by atoms with van der Waals surface area (Å²) in [5.74, 6) is 0. The van der Waals surface area contributed by atoms with E-state index < -0.39 is 0 Å². The van der Waals surface area contributed by atoms with Gasteiger partial charge in [0.2, 0.25) is 0 Å². The fourth-order valence-corrected chi connectivity index (χ4v) is 0.635. The highest BCUT2D eigenvalue weighted by molar-refractivity contribution is 4.79. The monoisotopic (exact) mass is 216 g/mol. The lowest BCUT2D eigenvalue weighted by molar-refractivity contribution is 0.162. The zero-order chi connectivity index (χ0) is 11.8. The van der Waals surface area contributed by atoms with Gasteiger partial charge in [0.1, 0.15) is 0 Å². The van der Waals surface area contributed by atoms with Crippen LogP contribution in [0.2, 0.25) is 0 Å². The van der Waals surface area contributed by atoms with E-state index in [9.17, 15) is 0 Å². The second kappa shape index (κ2) is 18.9. The normalized spacial score (nSPS) is 8.27. The number of rotatable bonds is 4. The predicted octanol–water partition coefficient (Wildman–Crippen LogP) is 3.37. The predicted molar refractivity (Wildman–Crippen MR) is 63.0 cm³/mol. The van der Waals surface area contributed by atoms with Gasteiger partial charge in [0.05, 0.1) is 12.5 Å². The molecule has 0 N–H and O–H groups in total. The molecular weight excluding hydrogens is 192 g/mol. The summed E-state index contributed by atoms with van der Waals surface area (Å²) < 4.78 is 14.2. The van der Waals surface area contributed by atoms with Gasteiger partial charge in [-0.3, -0.25) is 0 Å². The summed E-state index contributed by atoms with van der Waals surface area (Å²) in [5, 5.41) is 0. The third-order valence-electron chi connectivity index (χ3n) is 1.24. The maximum absolute atomic E-state index is 4.83. The fraction of sp³-hybridized carbons (Fsp3) is 0.667. The molecule has 3 nitrogen and oxygen atoms in total. The van der Waals surface area contributed by atoms with Gasteiger partial charge in [-0.15, -0.1) is 0 Å². The van der Waals surface area contributed by atoms with E-state index in [0.717, 1.165) is 26.4 Å². The zero-order valence-corrected chi connectivity index (χ0v) is 10.4. The zero-order valence-electron chi connectivity index (χ0n) is 10.4. The Morgan fingerprint density at radius 1 is 0.733 bits per heavy atom. The van der Waals surface area contributed by atoms with E-state index >= 15 is 0 Å². The van der Waals surface area contributed by atoms with Crippen molar-refractivity contribution in [2.45, 2.75) is 27.7 Å². The molecule has 1 heterocycles. The summed E-state index contributed by atoms with van der Waals surface area (Å²) in [6.07, 6.45) is 3.25. The molecule has 1 aromatic heterocycles. The van der Waals surface area contributed by atoms with Crippen molar-refractivity contribution in [3.8, 4) is 0 Å². The van der Waals surface area contributed by atoms with Crippen LogP contribution in [0.3, 0.4) is 0 Å². The van der Waals surface area contributed by atoms with Gasteiger partial charge in [-0.25, -0.2) is 0 Å². The molecule has 15 heavy (non-hydrogen) atoms. The van der Waals surface area contributed by atoms with Crippen molar-refractivity contribution in [1.29, 1.82) is 0 Å². The summed E-state index contributed by atoms with van der Waals surface area (Å²) >= 11 is 0. The molecule has 0 saturated carbocycles. The molecule has 3 heteroatoms. The maximum atomic E-state index is 4.83. The Morgan fingerprint density at radius 2 is 1.07 bits per heavy atom. The molecule has 90 valence electrons. The highest BCUT2D eigenvalue weighted by atomic mass is 16.5. The molecule has 0 aliphatic carbocycles. The molecular formula is C12H24O3. The Morgan fingerprint density at radius 3 is 1.13 bits per heavy atom. The summed E-state index contributed by atoms with van der Waals surface area (Å²) in [4.78, 5) is 0. The average molecular weight is 216 g/mol. The van der Waals surface area contributed by atoms with Crippen LogP contribution in [0.5, 0.6) is 0 Å². The fourth-order valence-electron chi connectivity index (χ4n) is 0.635. The van der Waals surface area contributed by atoms with E-state index in [1.165, 1.54) is 0 Å². The van der Waals surface area contributed by atoms with Crippen molar-refractivity contribution in [2.75, 3.05) is 26.4 Å². The average Bonchev–Trinajstić information content (AvgIpc) is 2.79. The van der Waals surface area contributed by atoms with Gasteiger partial charge in [0.25, 0.3) is 0 Å². The molecule has 0 aromatic carbocycles. The molecule has 1 rings (SSSR count). The lowest BCUT2D eigenvalue weighted by atomic mass is 10.7. The molecule has 0 fully saturated rings. The number of hydrogen-bond acceptors (Lipinski definition) is 3. The van der Waals surface area contributed by atoms with Crippen molar-refractivity contribution in [3.05, 3.63) is 24.7 Å². The van der Waals surface area contributed by atoms with Crippen molar-refractivity contribution in [3.63, 3.8) is 0 Å². The van der Waals surface area contributed by atoms with Crippen molar-refractivity contribution < 1.29 is 13.9 Å². The summed E-state index contributed by atoms with van der Waals surface area (Å²) in [6.45, 7) is 11.3. The third-order valence-corrected chi connectivity index (χ3v) is 1.24. The van der Waals surface area contributed by atoms with E-state index in [1.54, 1.807) is 12.5 Å². The van der Waals surface area contributed by atoms with Crippen LogP contribution in [0.15, 0.2) is 29.1 Å². The minimum absolute atomic E-state index is 0.844. The molecule has 0 radical (unpaired) electrons. The van der Waals surface area contributed by atoms with E-state index in [0.29, 0.717) is 0 Å². The van der Waals surface area contributed by atoms with Gasteiger partial charge in [0, 0.05) is 26.4 Å². The summed E-state index contributed by atoms with van der Waals surface area (Å²) in [7, 11) is 0. The Balaban J connectivity index is 0. The first-order chi connectivity index (χ1) is 7.33. The van der Waals surface area contributed by atoms with E-state index in [-0.39, 0.29) is 0 Å². The first kappa shape index (κ1) is 16.6. The smallest absolute Gasteiger partial charge is 0.0902 e. The Labute approximate surface area is 93.4 Å². The van der Waals surface area contributed by atoms with Crippen LogP contribution in [-0.2, 0) is 9.47 Å². The van der Waals surface area contributed by atoms with Crippen LogP contribution in [0.1, 0.15) is 27.7 Å². The largest absolute Gasteiger partial charge is 0.473 e. The van der Waals surface area contributed by atoms with E-state index in [1.807, 2.05) is 39.8 Å². The van der Waals surface area contributed by atoms with Crippen LogP contribution < -0.4 is 0 Å².